The van der Waals surface area contributed by atoms with Crippen molar-refractivity contribution in [3.63, 3.8) is 0 Å². The Morgan fingerprint density at radius 1 is 1.20 bits per heavy atom. The lowest BCUT2D eigenvalue weighted by molar-refractivity contribution is -0.135. The van der Waals surface area contributed by atoms with Crippen molar-refractivity contribution in [3.05, 3.63) is 72.0 Å². The summed E-state index contributed by atoms with van der Waals surface area (Å²) in [5.41, 5.74) is 0.773. The lowest BCUT2D eigenvalue weighted by Gasteiger charge is -2.40. The molecule has 2 aromatic rings. The zero-order chi connectivity index (χ0) is 21.3. The molecule has 2 saturated heterocycles. The van der Waals surface area contributed by atoms with Crippen LogP contribution in [0, 0.1) is 5.92 Å². The van der Waals surface area contributed by atoms with Gasteiger partial charge in [0.05, 0.1) is 17.1 Å². The number of amides is 1. The molecule has 2 aliphatic rings. The minimum absolute atomic E-state index is 0.112. The average molecular weight is 446 g/mol. The van der Waals surface area contributed by atoms with Crippen LogP contribution in [0.4, 0.5) is 0 Å². The lowest BCUT2D eigenvalue weighted by atomic mass is 9.90. The van der Waals surface area contributed by atoms with Crippen molar-refractivity contribution in [3.8, 4) is 0 Å². The fourth-order valence-electron chi connectivity index (χ4n) is 4.47. The van der Waals surface area contributed by atoms with Crippen LogP contribution in [0.25, 0.3) is 0 Å². The van der Waals surface area contributed by atoms with E-state index in [1.807, 2.05) is 18.2 Å². The molecule has 2 unspecified atom stereocenters. The third-order valence-electron chi connectivity index (χ3n) is 5.89. The maximum Gasteiger partial charge on any atom is 0.244 e. The van der Waals surface area contributed by atoms with Gasteiger partial charge >= 0.3 is 0 Å². The van der Waals surface area contributed by atoms with Crippen molar-refractivity contribution in [1.29, 1.82) is 0 Å². The van der Waals surface area contributed by atoms with Gasteiger partial charge in [0.2, 0.25) is 15.9 Å². The standard InChI is InChI=1S/C22H24ClN3O3S/c1-2-16-14-25(15-18-8-3-4-12-24-18)22(27)21-11-6-10-20(16)26(21)30(28,29)19-9-5-7-17(23)13-19/h2-5,7-9,12-13,16,20-21H,1,6,10-11,14-15H2/t16-,20?,21?/m0/s1. The van der Waals surface area contributed by atoms with Crippen LogP contribution in [0.1, 0.15) is 25.0 Å². The topological polar surface area (TPSA) is 70.6 Å². The molecule has 0 radical (unpaired) electrons. The number of carbonyl (C=O) groups is 1. The number of benzene rings is 1. The van der Waals surface area contributed by atoms with Crippen LogP contribution in [0.15, 0.2) is 66.2 Å². The second-order valence-electron chi connectivity index (χ2n) is 7.75. The maximum atomic E-state index is 13.6. The van der Waals surface area contributed by atoms with Crippen LogP contribution in [-0.2, 0) is 21.4 Å². The van der Waals surface area contributed by atoms with E-state index < -0.39 is 16.1 Å². The predicted molar refractivity (Wildman–Crippen MR) is 115 cm³/mol. The minimum Gasteiger partial charge on any atom is -0.335 e. The number of pyridine rings is 1. The summed E-state index contributed by atoms with van der Waals surface area (Å²) in [6, 6.07) is 10.7. The Morgan fingerprint density at radius 2 is 2.03 bits per heavy atom. The van der Waals surface area contributed by atoms with Crippen molar-refractivity contribution < 1.29 is 13.2 Å². The molecule has 0 N–H and O–H groups in total. The summed E-state index contributed by atoms with van der Waals surface area (Å²) in [5, 5.41) is 0.347. The van der Waals surface area contributed by atoms with Crippen molar-refractivity contribution in [2.24, 2.45) is 5.92 Å². The normalized spacial score (nSPS) is 25.0. The second-order valence-corrected chi connectivity index (χ2v) is 10.0. The van der Waals surface area contributed by atoms with Gasteiger partial charge < -0.3 is 4.90 Å². The first-order valence-corrected chi connectivity index (χ1v) is 11.8. The van der Waals surface area contributed by atoms with E-state index in [1.54, 1.807) is 29.3 Å². The molecule has 0 aliphatic carbocycles. The van der Waals surface area contributed by atoms with E-state index in [9.17, 15) is 13.2 Å². The fourth-order valence-corrected chi connectivity index (χ4v) is 6.65. The van der Waals surface area contributed by atoms with E-state index in [-0.39, 0.29) is 22.8 Å². The molecular weight excluding hydrogens is 422 g/mol. The van der Waals surface area contributed by atoms with Gasteiger partial charge in [0, 0.05) is 29.7 Å². The highest BCUT2D eigenvalue weighted by Crippen LogP contribution is 2.38. The number of carbonyl (C=O) groups excluding carboxylic acids is 1. The summed E-state index contributed by atoms with van der Waals surface area (Å²) in [6.07, 6.45) is 5.45. The van der Waals surface area contributed by atoms with Gasteiger partial charge in [-0.1, -0.05) is 29.8 Å². The average Bonchev–Trinajstić information content (AvgIpc) is 2.82. The smallest absolute Gasteiger partial charge is 0.244 e. The molecule has 6 nitrogen and oxygen atoms in total. The Hall–Kier alpha value is -2.22. The quantitative estimate of drug-likeness (QED) is 0.660. The SMILES string of the molecule is C=C[C@H]1CN(Cc2ccccn2)C(=O)C2CCCC1N2S(=O)(=O)c1cccc(Cl)c1. The number of hydrogen-bond acceptors (Lipinski definition) is 4. The van der Waals surface area contributed by atoms with Gasteiger partial charge in [-0.3, -0.25) is 9.78 Å². The van der Waals surface area contributed by atoms with E-state index in [2.05, 4.69) is 11.6 Å². The number of fused-ring (bicyclic) bond motifs is 2. The Kier molecular flexibility index (Phi) is 5.95. The summed E-state index contributed by atoms with van der Waals surface area (Å²) in [4.78, 5) is 19.7. The van der Waals surface area contributed by atoms with Crippen LogP contribution in [0.2, 0.25) is 5.02 Å². The first-order chi connectivity index (χ1) is 14.4. The van der Waals surface area contributed by atoms with Gasteiger partial charge in [-0.15, -0.1) is 6.58 Å². The monoisotopic (exact) mass is 445 g/mol. The number of aromatic nitrogens is 1. The highest BCUT2D eigenvalue weighted by atomic mass is 35.5. The van der Waals surface area contributed by atoms with Gasteiger partial charge in [0.1, 0.15) is 6.04 Å². The Bertz CT molecular complexity index is 1040. The number of rotatable bonds is 5. The van der Waals surface area contributed by atoms with Gasteiger partial charge in [-0.2, -0.15) is 4.31 Å². The van der Waals surface area contributed by atoms with E-state index in [0.29, 0.717) is 31.0 Å². The van der Waals surface area contributed by atoms with Crippen molar-refractivity contribution in [2.45, 2.75) is 42.8 Å². The molecule has 1 amide bonds. The molecule has 2 fully saturated rings. The molecular formula is C22H24ClN3O3S. The summed E-state index contributed by atoms with van der Waals surface area (Å²) in [7, 11) is -3.90. The molecule has 1 aromatic carbocycles. The van der Waals surface area contributed by atoms with Gasteiger partial charge in [0.15, 0.2) is 0 Å². The Balaban J connectivity index is 1.75. The molecule has 2 bridgehead atoms. The van der Waals surface area contributed by atoms with E-state index in [4.69, 9.17) is 11.6 Å². The summed E-state index contributed by atoms with van der Waals surface area (Å²) in [5.74, 6) is -0.350. The molecule has 2 aliphatic heterocycles. The maximum absolute atomic E-state index is 13.6. The van der Waals surface area contributed by atoms with Crippen LogP contribution in [0.3, 0.4) is 0 Å². The molecule has 158 valence electrons. The Morgan fingerprint density at radius 3 is 2.73 bits per heavy atom. The summed E-state index contributed by atoms with van der Waals surface area (Å²) >= 11 is 6.06. The second kappa shape index (κ2) is 8.49. The number of halogens is 1. The molecule has 4 rings (SSSR count). The number of hydrogen-bond donors (Lipinski definition) is 0. The van der Waals surface area contributed by atoms with Crippen LogP contribution in [0.5, 0.6) is 0 Å². The fraction of sp³-hybridized carbons (Fsp3) is 0.364. The third-order valence-corrected chi connectivity index (χ3v) is 8.05. The zero-order valence-electron chi connectivity index (χ0n) is 16.5. The number of nitrogens with zero attached hydrogens (tertiary/aromatic N) is 3. The molecule has 0 spiro atoms. The van der Waals surface area contributed by atoms with Gasteiger partial charge in [-0.25, -0.2) is 8.42 Å². The first kappa shape index (κ1) is 21.0. The van der Waals surface area contributed by atoms with Crippen LogP contribution < -0.4 is 0 Å². The highest BCUT2D eigenvalue weighted by molar-refractivity contribution is 7.89. The predicted octanol–water partition coefficient (Wildman–Crippen LogP) is 3.49. The molecule has 0 saturated carbocycles. The number of sulfonamides is 1. The molecule has 1 aromatic heterocycles. The minimum atomic E-state index is -3.90. The Labute approximate surface area is 182 Å². The van der Waals surface area contributed by atoms with Crippen molar-refractivity contribution >= 4 is 27.5 Å². The van der Waals surface area contributed by atoms with Crippen LogP contribution in [-0.4, -0.2) is 47.1 Å². The summed E-state index contributed by atoms with van der Waals surface area (Å²) in [6.45, 7) is 4.71. The van der Waals surface area contributed by atoms with Gasteiger partial charge in [-0.05, 0) is 49.6 Å². The van der Waals surface area contributed by atoms with E-state index >= 15 is 0 Å². The van der Waals surface area contributed by atoms with Gasteiger partial charge in [0.25, 0.3) is 0 Å². The van der Waals surface area contributed by atoms with E-state index in [1.165, 1.54) is 16.4 Å². The van der Waals surface area contributed by atoms with Crippen molar-refractivity contribution in [2.75, 3.05) is 6.54 Å². The number of piperidine rings is 1. The lowest BCUT2D eigenvalue weighted by Crippen LogP contribution is -2.54. The third kappa shape index (κ3) is 3.89. The molecule has 30 heavy (non-hydrogen) atoms. The first-order valence-electron chi connectivity index (χ1n) is 10.0. The van der Waals surface area contributed by atoms with Crippen molar-refractivity contribution in [1.82, 2.24) is 14.2 Å². The summed E-state index contributed by atoms with van der Waals surface area (Å²) < 4.78 is 28.7. The van der Waals surface area contributed by atoms with E-state index in [0.717, 1.165) is 12.1 Å². The van der Waals surface area contributed by atoms with Crippen LogP contribution >= 0.6 is 11.6 Å². The highest BCUT2D eigenvalue weighted by Gasteiger charge is 2.49. The molecule has 3 atom stereocenters. The molecule has 3 heterocycles. The molecule has 8 heteroatoms. The zero-order valence-corrected chi connectivity index (χ0v) is 18.1. The largest absolute Gasteiger partial charge is 0.335 e.